The molecule has 0 saturated carbocycles. The third-order valence-corrected chi connectivity index (χ3v) is 4.87. The van der Waals surface area contributed by atoms with Crippen LogP contribution >= 0.6 is 0 Å². The van der Waals surface area contributed by atoms with Gasteiger partial charge in [-0.25, -0.2) is 0 Å². The molecule has 0 amide bonds. The summed E-state index contributed by atoms with van der Waals surface area (Å²) >= 11 is 0. The predicted molar refractivity (Wildman–Crippen MR) is 99.6 cm³/mol. The molecule has 0 radical (unpaired) electrons. The Bertz CT molecular complexity index is 715. The lowest BCUT2D eigenvalue weighted by atomic mass is 9.72. The summed E-state index contributed by atoms with van der Waals surface area (Å²) in [6.07, 6.45) is 2.07. The SMILES string of the molecule is CC1(C)CC(c2ccccc2C(=O)c2ccccc2)CC(C)(C)N1. The summed E-state index contributed by atoms with van der Waals surface area (Å²) in [5.41, 5.74) is 2.93. The topological polar surface area (TPSA) is 29.1 Å². The van der Waals surface area contributed by atoms with Gasteiger partial charge in [-0.15, -0.1) is 0 Å². The van der Waals surface area contributed by atoms with Crippen LogP contribution in [0.25, 0.3) is 0 Å². The van der Waals surface area contributed by atoms with Crippen molar-refractivity contribution in [1.29, 1.82) is 0 Å². The van der Waals surface area contributed by atoms with E-state index in [9.17, 15) is 4.79 Å². The Balaban J connectivity index is 1.99. The Kier molecular flexibility index (Phi) is 4.35. The molecular formula is C22H27NO. The van der Waals surface area contributed by atoms with Crippen molar-refractivity contribution in [3.05, 3.63) is 71.3 Å². The van der Waals surface area contributed by atoms with Crippen LogP contribution < -0.4 is 5.32 Å². The molecule has 0 aliphatic carbocycles. The molecule has 0 unspecified atom stereocenters. The van der Waals surface area contributed by atoms with Gasteiger partial charge >= 0.3 is 0 Å². The zero-order chi connectivity index (χ0) is 17.4. The van der Waals surface area contributed by atoms with E-state index >= 15 is 0 Å². The summed E-state index contributed by atoms with van der Waals surface area (Å²) in [5.74, 6) is 0.514. The Morgan fingerprint density at radius 3 is 2.04 bits per heavy atom. The van der Waals surface area contributed by atoms with Gasteiger partial charge < -0.3 is 5.32 Å². The van der Waals surface area contributed by atoms with E-state index in [0.29, 0.717) is 5.92 Å². The van der Waals surface area contributed by atoms with Gasteiger partial charge in [0, 0.05) is 22.2 Å². The maximum Gasteiger partial charge on any atom is 0.193 e. The molecule has 0 aromatic heterocycles. The van der Waals surface area contributed by atoms with Crippen LogP contribution in [-0.4, -0.2) is 16.9 Å². The number of carbonyl (C=O) groups is 1. The highest BCUT2D eigenvalue weighted by Gasteiger charge is 2.39. The van der Waals surface area contributed by atoms with E-state index in [4.69, 9.17) is 0 Å². The van der Waals surface area contributed by atoms with Crippen LogP contribution in [0.5, 0.6) is 0 Å². The smallest absolute Gasteiger partial charge is 0.193 e. The Morgan fingerprint density at radius 1 is 0.875 bits per heavy atom. The molecular weight excluding hydrogens is 294 g/mol. The average Bonchev–Trinajstić information content (AvgIpc) is 2.52. The maximum atomic E-state index is 13.0. The molecule has 0 spiro atoms. The van der Waals surface area contributed by atoms with Gasteiger partial charge in [-0.3, -0.25) is 4.79 Å². The number of carbonyl (C=O) groups excluding carboxylic acids is 1. The minimum absolute atomic E-state index is 0.0648. The fourth-order valence-corrected chi connectivity index (χ4v) is 4.35. The molecule has 2 aromatic carbocycles. The minimum Gasteiger partial charge on any atom is -0.307 e. The van der Waals surface area contributed by atoms with Crippen LogP contribution in [-0.2, 0) is 0 Å². The summed E-state index contributed by atoms with van der Waals surface area (Å²) < 4.78 is 0. The highest BCUT2D eigenvalue weighted by atomic mass is 16.1. The molecule has 0 atom stereocenters. The van der Waals surface area contributed by atoms with Crippen molar-refractivity contribution in [2.45, 2.75) is 57.5 Å². The predicted octanol–water partition coefficient (Wildman–Crippen LogP) is 4.94. The first kappa shape index (κ1) is 16.9. The first-order chi connectivity index (χ1) is 11.3. The highest BCUT2D eigenvalue weighted by molar-refractivity contribution is 6.10. The zero-order valence-corrected chi connectivity index (χ0v) is 15.1. The molecule has 126 valence electrons. The molecule has 0 bridgehead atoms. The van der Waals surface area contributed by atoms with Crippen molar-refractivity contribution in [1.82, 2.24) is 5.32 Å². The van der Waals surface area contributed by atoms with Crippen molar-refractivity contribution < 1.29 is 4.79 Å². The van der Waals surface area contributed by atoms with E-state index in [1.165, 1.54) is 5.56 Å². The van der Waals surface area contributed by atoms with Crippen LogP contribution in [0.4, 0.5) is 0 Å². The number of rotatable bonds is 3. The highest BCUT2D eigenvalue weighted by Crippen LogP contribution is 2.40. The number of hydrogen-bond acceptors (Lipinski definition) is 2. The third kappa shape index (κ3) is 3.59. The van der Waals surface area contributed by atoms with Gasteiger partial charge in [0.25, 0.3) is 0 Å². The van der Waals surface area contributed by atoms with E-state index in [2.05, 4.69) is 45.1 Å². The van der Waals surface area contributed by atoms with Crippen molar-refractivity contribution in [3.63, 3.8) is 0 Å². The lowest BCUT2D eigenvalue weighted by Crippen LogP contribution is -2.57. The standard InChI is InChI=1S/C22H27NO/c1-21(2)14-17(15-22(3,4)23-21)18-12-8-9-13-19(18)20(24)16-10-6-5-7-11-16/h5-13,17,23H,14-15H2,1-4H3. The van der Waals surface area contributed by atoms with Gasteiger partial charge in [0.2, 0.25) is 0 Å². The van der Waals surface area contributed by atoms with E-state index < -0.39 is 0 Å². The van der Waals surface area contributed by atoms with Crippen molar-refractivity contribution in [2.24, 2.45) is 0 Å². The second-order valence-corrected chi connectivity index (χ2v) is 8.28. The van der Waals surface area contributed by atoms with Gasteiger partial charge in [0.1, 0.15) is 0 Å². The van der Waals surface area contributed by atoms with Crippen molar-refractivity contribution in [2.75, 3.05) is 0 Å². The molecule has 2 nitrogen and oxygen atoms in total. The van der Waals surface area contributed by atoms with Crippen LogP contribution in [0.3, 0.4) is 0 Å². The van der Waals surface area contributed by atoms with E-state index in [1.54, 1.807) is 0 Å². The summed E-state index contributed by atoms with van der Waals surface area (Å²) in [7, 11) is 0. The molecule has 1 aliphatic rings. The number of piperidine rings is 1. The van der Waals surface area contributed by atoms with Gasteiger partial charge in [-0.05, 0) is 52.0 Å². The Hall–Kier alpha value is -1.93. The van der Waals surface area contributed by atoms with Gasteiger partial charge in [0.05, 0.1) is 0 Å². The van der Waals surface area contributed by atoms with E-state index in [0.717, 1.165) is 24.0 Å². The fourth-order valence-electron chi connectivity index (χ4n) is 4.35. The van der Waals surface area contributed by atoms with Gasteiger partial charge in [-0.2, -0.15) is 0 Å². The van der Waals surface area contributed by atoms with Crippen LogP contribution in [0, 0.1) is 0 Å². The fraction of sp³-hybridized carbons (Fsp3) is 0.409. The van der Waals surface area contributed by atoms with Gasteiger partial charge in [0.15, 0.2) is 5.78 Å². The molecule has 2 heteroatoms. The zero-order valence-electron chi connectivity index (χ0n) is 15.1. The lowest BCUT2D eigenvalue weighted by molar-refractivity contribution is 0.103. The number of ketones is 1. The summed E-state index contributed by atoms with van der Waals surface area (Å²) in [4.78, 5) is 13.0. The van der Waals surface area contributed by atoms with E-state index in [-0.39, 0.29) is 16.9 Å². The molecule has 24 heavy (non-hydrogen) atoms. The largest absolute Gasteiger partial charge is 0.307 e. The number of benzene rings is 2. The quantitative estimate of drug-likeness (QED) is 0.811. The summed E-state index contributed by atoms with van der Waals surface area (Å²) in [6.45, 7) is 9.01. The molecule has 3 rings (SSSR count). The van der Waals surface area contributed by atoms with Crippen molar-refractivity contribution >= 4 is 5.78 Å². The molecule has 1 saturated heterocycles. The second-order valence-electron chi connectivity index (χ2n) is 8.28. The Labute approximate surface area is 145 Å². The monoisotopic (exact) mass is 321 g/mol. The maximum absolute atomic E-state index is 13.0. The molecule has 1 N–H and O–H groups in total. The van der Waals surface area contributed by atoms with Crippen LogP contribution in [0.15, 0.2) is 54.6 Å². The van der Waals surface area contributed by atoms with Crippen LogP contribution in [0.2, 0.25) is 0 Å². The minimum atomic E-state index is 0.0648. The molecule has 1 heterocycles. The van der Waals surface area contributed by atoms with Gasteiger partial charge in [-0.1, -0.05) is 54.6 Å². The first-order valence-corrected chi connectivity index (χ1v) is 8.75. The molecule has 1 aliphatic heterocycles. The molecule has 2 aromatic rings. The first-order valence-electron chi connectivity index (χ1n) is 8.75. The number of hydrogen-bond donors (Lipinski definition) is 1. The second kappa shape index (κ2) is 6.18. The van der Waals surface area contributed by atoms with Crippen LogP contribution in [0.1, 0.15) is 67.9 Å². The third-order valence-electron chi connectivity index (χ3n) is 4.87. The normalized spacial score (nSPS) is 19.8. The van der Waals surface area contributed by atoms with E-state index in [1.807, 2.05) is 42.5 Å². The molecule has 1 fully saturated rings. The average molecular weight is 321 g/mol. The lowest BCUT2D eigenvalue weighted by Gasteiger charge is -2.47. The number of nitrogens with one attached hydrogen (secondary N) is 1. The summed E-state index contributed by atoms with van der Waals surface area (Å²) in [6, 6.07) is 17.7. The summed E-state index contributed by atoms with van der Waals surface area (Å²) in [5, 5.41) is 3.73. The van der Waals surface area contributed by atoms with Crippen molar-refractivity contribution in [3.8, 4) is 0 Å². The Morgan fingerprint density at radius 2 is 1.42 bits per heavy atom.